The fraction of sp³-hybridized carbons (Fsp3) is 0. The summed E-state index contributed by atoms with van der Waals surface area (Å²) in [6, 6.07) is 12.8. The molecule has 0 amide bonds. The van der Waals surface area contributed by atoms with Crippen LogP contribution in [0, 0.1) is 5.82 Å². The van der Waals surface area contributed by atoms with Gasteiger partial charge in [0.1, 0.15) is 11.5 Å². The zero-order chi connectivity index (χ0) is 16.1. The van der Waals surface area contributed by atoms with Gasteiger partial charge in [-0.05, 0) is 35.9 Å². The van der Waals surface area contributed by atoms with Crippen LogP contribution >= 0.6 is 0 Å². The lowest BCUT2D eigenvalue weighted by Gasteiger charge is -2.07. The highest BCUT2D eigenvalue weighted by molar-refractivity contribution is 5.89. The maximum Gasteiger partial charge on any atom is 0.336 e. The van der Waals surface area contributed by atoms with Gasteiger partial charge in [0, 0.05) is 6.08 Å². The normalized spacial score (nSPS) is 10.8. The molecule has 0 fully saturated rings. The van der Waals surface area contributed by atoms with E-state index in [0.717, 1.165) is 0 Å². The van der Waals surface area contributed by atoms with Crippen LogP contribution in [0.5, 0.6) is 5.75 Å². The zero-order valence-corrected chi connectivity index (χ0v) is 12.0. The van der Waals surface area contributed by atoms with E-state index >= 15 is 0 Å². The highest BCUT2D eigenvalue weighted by atomic mass is 19.1. The quantitative estimate of drug-likeness (QED) is 0.422. The van der Waals surface area contributed by atoms with Crippen molar-refractivity contribution in [2.75, 3.05) is 0 Å². The fourth-order valence-electron chi connectivity index (χ4n) is 1.97. The first-order valence-electron chi connectivity index (χ1n) is 6.83. The molecule has 6 heteroatoms. The van der Waals surface area contributed by atoms with Crippen LogP contribution in [-0.2, 0) is 4.79 Å². The number of ether oxygens (including phenoxy) is 1. The van der Waals surface area contributed by atoms with Crippen LogP contribution < -0.4 is 4.74 Å². The van der Waals surface area contributed by atoms with E-state index in [2.05, 4.69) is 10.2 Å². The molecule has 1 heterocycles. The molecule has 0 bridgehead atoms. The van der Waals surface area contributed by atoms with Gasteiger partial charge in [-0.2, -0.15) is 10.2 Å². The summed E-state index contributed by atoms with van der Waals surface area (Å²) in [5.41, 5.74) is 1.12. The maximum atomic E-state index is 13.1. The molecule has 0 unspecified atom stereocenters. The van der Waals surface area contributed by atoms with Crippen LogP contribution in [0.3, 0.4) is 0 Å². The summed E-state index contributed by atoms with van der Waals surface area (Å²) in [6.07, 6.45) is 5.78. The Kier molecular flexibility index (Phi) is 4.24. The van der Waals surface area contributed by atoms with E-state index in [4.69, 9.17) is 4.74 Å². The third-order valence-corrected chi connectivity index (χ3v) is 2.97. The maximum absolute atomic E-state index is 13.1. The minimum absolute atomic E-state index is 0.331. The molecule has 3 rings (SSSR count). The second-order valence-electron chi connectivity index (χ2n) is 4.60. The largest absolute Gasteiger partial charge is 0.421 e. The average Bonchev–Trinajstić information content (AvgIpc) is 3.08. The smallest absolute Gasteiger partial charge is 0.336 e. The van der Waals surface area contributed by atoms with Crippen LogP contribution in [-0.4, -0.2) is 21.0 Å². The molecule has 0 saturated carbocycles. The molecule has 0 aliphatic rings. The van der Waals surface area contributed by atoms with Gasteiger partial charge in [0.25, 0.3) is 0 Å². The Morgan fingerprint density at radius 3 is 2.65 bits per heavy atom. The Hall–Kier alpha value is -3.28. The monoisotopic (exact) mass is 309 g/mol. The zero-order valence-electron chi connectivity index (χ0n) is 12.0. The summed E-state index contributed by atoms with van der Waals surface area (Å²) >= 11 is 0. The highest BCUT2D eigenvalue weighted by Gasteiger charge is 2.09. The van der Waals surface area contributed by atoms with Crippen LogP contribution in [0.4, 0.5) is 4.39 Å². The summed E-state index contributed by atoms with van der Waals surface area (Å²) < 4.78 is 18.4. The Morgan fingerprint density at radius 2 is 1.87 bits per heavy atom. The summed E-state index contributed by atoms with van der Waals surface area (Å²) in [6.45, 7) is 0. The predicted octanol–water partition coefficient (Wildman–Crippen LogP) is 3.03. The Morgan fingerprint density at radius 1 is 1.09 bits per heavy atom. The summed E-state index contributed by atoms with van der Waals surface area (Å²) in [4.78, 5) is 13.3. The first kappa shape index (κ1) is 14.6. The molecule has 0 saturated heterocycles. The third kappa shape index (κ3) is 3.68. The Balaban J connectivity index is 1.76. The van der Waals surface area contributed by atoms with Gasteiger partial charge in [0.2, 0.25) is 0 Å². The summed E-state index contributed by atoms with van der Waals surface area (Å²) in [5, 5.41) is 8.02. The van der Waals surface area contributed by atoms with Gasteiger partial charge in [-0.3, -0.25) is 0 Å². The number of aromatic nitrogens is 3. The molecule has 0 aliphatic carbocycles. The van der Waals surface area contributed by atoms with Crippen LogP contribution in [0.2, 0.25) is 0 Å². The summed E-state index contributed by atoms with van der Waals surface area (Å²) in [5.74, 6) is -0.609. The van der Waals surface area contributed by atoms with E-state index in [1.807, 2.05) is 0 Å². The number of carbonyl (C=O) groups excluding carboxylic acids is 1. The minimum Gasteiger partial charge on any atom is -0.421 e. The molecule has 23 heavy (non-hydrogen) atoms. The second-order valence-corrected chi connectivity index (χ2v) is 4.60. The molecule has 0 atom stereocenters. The standard InChI is InChI=1S/C17H12FN3O2/c18-14-5-3-4-13(12-14)8-9-17(22)23-16-7-2-1-6-15(16)21-19-10-11-20-21/h1-12H/b9-8+. The van der Waals surface area contributed by atoms with Gasteiger partial charge in [-0.15, -0.1) is 4.80 Å². The fourth-order valence-corrected chi connectivity index (χ4v) is 1.97. The van der Waals surface area contributed by atoms with E-state index in [-0.39, 0.29) is 5.82 Å². The number of benzene rings is 2. The number of para-hydroxylation sites is 2. The lowest BCUT2D eigenvalue weighted by molar-refractivity contribution is -0.128. The van der Waals surface area contributed by atoms with E-state index in [0.29, 0.717) is 17.0 Å². The predicted molar refractivity (Wildman–Crippen MR) is 82.4 cm³/mol. The second kappa shape index (κ2) is 6.65. The number of halogens is 1. The number of carbonyl (C=O) groups is 1. The number of esters is 1. The van der Waals surface area contributed by atoms with Crippen molar-refractivity contribution in [2.24, 2.45) is 0 Å². The lowest BCUT2D eigenvalue weighted by Crippen LogP contribution is -2.08. The van der Waals surface area contributed by atoms with Crippen molar-refractivity contribution in [2.45, 2.75) is 0 Å². The van der Waals surface area contributed by atoms with Crippen molar-refractivity contribution in [3.8, 4) is 11.4 Å². The van der Waals surface area contributed by atoms with Crippen LogP contribution in [0.15, 0.2) is 67.0 Å². The first-order chi connectivity index (χ1) is 11.2. The minimum atomic E-state index is -0.575. The summed E-state index contributed by atoms with van der Waals surface area (Å²) in [7, 11) is 0. The van der Waals surface area contributed by atoms with Crippen molar-refractivity contribution < 1.29 is 13.9 Å². The van der Waals surface area contributed by atoms with Crippen molar-refractivity contribution >= 4 is 12.0 Å². The molecular weight excluding hydrogens is 297 g/mol. The molecule has 5 nitrogen and oxygen atoms in total. The lowest BCUT2D eigenvalue weighted by atomic mass is 10.2. The van der Waals surface area contributed by atoms with Crippen LogP contribution in [0.25, 0.3) is 11.8 Å². The van der Waals surface area contributed by atoms with Crippen LogP contribution in [0.1, 0.15) is 5.56 Å². The molecule has 0 spiro atoms. The molecule has 2 aromatic carbocycles. The molecule has 3 aromatic rings. The van der Waals surface area contributed by atoms with Crippen molar-refractivity contribution in [3.63, 3.8) is 0 Å². The third-order valence-electron chi connectivity index (χ3n) is 2.97. The van der Waals surface area contributed by atoms with Crippen molar-refractivity contribution in [1.82, 2.24) is 15.0 Å². The van der Waals surface area contributed by atoms with Crippen molar-refractivity contribution in [1.29, 1.82) is 0 Å². The molecule has 114 valence electrons. The first-order valence-corrected chi connectivity index (χ1v) is 6.83. The topological polar surface area (TPSA) is 57.0 Å². The Bertz CT molecular complexity index is 845. The molecular formula is C17H12FN3O2. The van der Waals surface area contributed by atoms with Gasteiger partial charge in [0.05, 0.1) is 12.4 Å². The molecule has 1 aromatic heterocycles. The van der Waals surface area contributed by atoms with Gasteiger partial charge >= 0.3 is 5.97 Å². The molecule has 0 radical (unpaired) electrons. The van der Waals surface area contributed by atoms with E-state index in [9.17, 15) is 9.18 Å². The van der Waals surface area contributed by atoms with Gasteiger partial charge in [-0.1, -0.05) is 24.3 Å². The number of hydrogen-bond acceptors (Lipinski definition) is 4. The molecule has 0 aliphatic heterocycles. The number of hydrogen-bond donors (Lipinski definition) is 0. The number of rotatable bonds is 4. The van der Waals surface area contributed by atoms with E-state index in [1.165, 1.54) is 41.5 Å². The molecule has 0 N–H and O–H groups in total. The van der Waals surface area contributed by atoms with Gasteiger partial charge < -0.3 is 4.74 Å². The van der Waals surface area contributed by atoms with Gasteiger partial charge in [0.15, 0.2) is 5.75 Å². The highest BCUT2D eigenvalue weighted by Crippen LogP contribution is 2.21. The van der Waals surface area contributed by atoms with E-state index < -0.39 is 5.97 Å². The SMILES string of the molecule is O=C(/C=C/c1cccc(F)c1)Oc1ccccc1-n1nccn1. The van der Waals surface area contributed by atoms with Gasteiger partial charge in [-0.25, -0.2) is 9.18 Å². The average molecular weight is 309 g/mol. The van der Waals surface area contributed by atoms with E-state index in [1.54, 1.807) is 36.4 Å². The number of nitrogens with zero attached hydrogens (tertiary/aromatic N) is 3. The Labute approximate surface area is 131 Å². The van der Waals surface area contributed by atoms with Crippen molar-refractivity contribution in [3.05, 3.63) is 78.4 Å².